The van der Waals surface area contributed by atoms with Crippen LogP contribution in [0.1, 0.15) is 26.3 Å². The Kier molecular flexibility index (Phi) is 9.03. The third-order valence-corrected chi connectivity index (χ3v) is 5.29. The fourth-order valence-corrected chi connectivity index (χ4v) is 3.76. The van der Waals surface area contributed by atoms with Crippen molar-refractivity contribution in [2.75, 3.05) is 38.2 Å². The lowest BCUT2D eigenvalue weighted by atomic mass is 10.2. The molecule has 30 heavy (non-hydrogen) atoms. The molecule has 0 radical (unpaired) electrons. The minimum Gasteiger partial charge on any atom is -0.497 e. The van der Waals surface area contributed by atoms with E-state index in [4.69, 9.17) is 4.74 Å². The zero-order valence-corrected chi connectivity index (χ0v) is 18.8. The zero-order valence-electron chi connectivity index (χ0n) is 18.0. The Labute approximate surface area is 183 Å². The molecule has 0 amide bonds. The van der Waals surface area contributed by atoms with Gasteiger partial charge in [-0.05, 0) is 63.2 Å². The van der Waals surface area contributed by atoms with Crippen LogP contribution < -0.4 is 15.0 Å². The van der Waals surface area contributed by atoms with Gasteiger partial charge in [-0.1, -0.05) is 11.8 Å². The number of methoxy groups -OCH3 is 1. The van der Waals surface area contributed by atoms with Gasteiger partial charge in [0.05, 0.1) is 24.4 Å². The maximum absolute atomic E-state index is 9.60. The SMILES string of the molecule is CC(C)(C)OC=O.COc1ccc(Sc2cc(C#N)ccc2N2CCNCC2)cc1. The molecule has 1 aliphatic heterocycles. The molecule has 1 saturated heterocycles. The van der Waals surface area contributed by atoms with Crippen molar-refractivity contribution < 1.29 is 14.3 Å². The lowest BCUT2D eigenvalue weighted by molar-refractivity contribution is -0.138. The predicted molar refractivity (Wildman–Crippen MR) is 120 cm³/mol. The lowest BCUT2D eigenvalue weighted by Gasteiger charge is -2.31. The van der Waals surface area contributed by atoms with Gasteiger partial charge in [-0.2, -0.15) is 5.26 Å². The summed E-state index contributed by atoms with van der Waals surface area (Å²) in [6.45, 7) is 9.88. The second-order valence-corrected chi connectivity index (χ2v) is 8.75. The Morgan fingerprint density at radius 2 is 1.80 bits per heavy atom. The largest absolute Gasteiger partial charge is 0.497 e. The van der Waals surface area contributed by atoms with Crippen molar-refractivity contribution >= 4 is 23.9 Å². The Hall–Kier alpha value is -2.69. The van der Waals surface area contributed by atoms with Crippen LogP contribution in [-0.2, 0) is 9.53 Å². The number of carbonyl (C=O) groups excluding carboxylic acids is 1. The molecule has 6 nitrogen and oxygen atoms in total. The molecule has 1 N–H and O–H groups in total. The minimum atomic E-state index is -0.318. The highest BCUT2D eigenvalue weighted by Gasteiger charge is 2.15. The van der Waals surface area contributed by atoms with Crippen LogP contribution in [0, 0.1) is 11.3 Å². The molecule has 0 unspecified atom stereocenters. The average molecular weight is 428 g/mol. The molecule has 1 aliphatic rings. The molecule has 7 heteroatoms. The van der Waals surface area contributed by atoms with Gasteiger partial charge in [0.1, 0.15) is 11.4 Å². The number of carbonyl (C=O) groups is 1. The summed E-state index contributed by atoms with van der Waals surface area (Å²) in [5, 5.41) is 12.6. The number of nitrogens with one attached hydrogen (secondary N) is 1. The molecule has 0 atom stereocenters. The Bertz CT molecular complexity index is 851. The summed E-state index contributed by atoms with van der Waals surface area (Å²) in [6, 6.07) is 16.2. The van der Waals surface area contributed by atoms with Crippen molar-refractivity contribution in [3.63, 3.8) is 0 Å². The Balaban J connectivity index is 0.000000396. The van der Waals surface area contributed by atoms with Crippen molar-refractivity contribution in [2.24, 2.45) is 0 Å². The maximum Gasteiger partial charge on any atom is 0.293 e. The van der Waals surface area contributed by atoms with E-state index in [1.54, 1.807) is 18.9 Å². The fourth-order valence-electron chi connectivity index (χ4n) is 2.75. The van der Waals surface area contributed by atoms with E-state index in [1.807, 2.05) is 57.2 Å². The molecule has 0 aromatic heterocycles. The van der Waals surface area contributed by atoms with Crippen molar-refractivity contribution in [1.29, 1.82) is 5.26 Å². The number of nitrogens with zero attached hydrogens (tertiary/aromatic N) is 2. The Morgan fingerprint density at radius 3 is 2.30 bits per heavy atom. The quantitative estimate of drug-likeness (QED) is 0.721. The third kappa shape index (κ3) is 7.62. The van der Waals surface area contributed by atoms with Crippen LogP contribution in [0.5, 0.6) is 5.75 Å². The summed E-state index contributed by atoms with van der Waals surface area (Å²) < 4.78 is 9.76. The van der Waals surface area contributed by atoms with Crippen LogP contribution in [0.15, 0.2) is 52.3 Å². The van der Waals surface area contributed by atoms with Gasteiger partial charge in [0.15, 0.2) is 0 Å². The van der Waals surface area contributed by atoms with Gasteiger partial charge in [0.2, 0.25) is 0 Å². The summed E-state index contributed by atoms with van der Waals surface area (Å²) in [5.74, 6) is 0.849. The first-order valence-corrected chi connectivity index (χ1v) is 10.6. The lowest BCUT2D eigenvalue weighted by Crippen LogP contribution is -2.43. The Morgan fingerprint density at radius 1 is 1.13 bits per heavy atom. The molecular weight excluding hydrogens is 398 g/mol. The summed E-state index contributed by atoms with van der Waals surface area (Å²) in [5.41, 5.74) is 1.58. The maximum atomic E-state index is 9.60. The summed E-state index contributed by atoms with van der Waals surface area (Å²) in [7, 11) is 1.67. The van der Waals surface area contributed by atoms with Crippen LogP contribution in [0.25, 0.3) is 0 Å². The highest BCUT2D eigenvalue weighted by atomic mass is 32.2. The van der Waals surface area contributed by atoms with Crippen molar-refractivity contribution in [1.82, 2.24) is 5.32 Å². The van der Waals surface area contributed by atoms with Gasteiger partial charge >= 0.3 is 0 Å². The molecule has 2 aromatic rings. The highest BCUT2D eigenvalue weighted by Crippen LogP contribution is 2.37. The first kappa shape index (κ1) is 23.6. The van der Waals surface area contributed by atoms with Gasteiger partial charge in [0.25, 0.3) is 6.47 Å². The fraction of sp³-hybridized carbons (Fsp3) is 0.391. The molecule has 160 valence electrons. The average Bonchev–Trinajstić information content (AvgIpc) is 2.74. The van der Waals surface area contributed by atoms with Crippen molar-refractivity contribution in [3.8, 4) is 11.8 Å². The normalized spacial score (nSPS) is 13.5. The molecule has 2 aromatic carbocycles. The number of hydrogen-bond acceptors (Lipinski definition) is 7. The second kappa shape index (κ2) is 11.5. The van der Waals surface area contributed by atoms with E-state index in [-0.39, 0.29) is 5.60 Å². The highest BCUT2D eigenvalue weighted by molar-refractivity contribution is 7.99. The number of piperazine rings is 1. The molecule has 0 bridgehead atoms. The van der Waals surface area contributed by atoms with Crippen LogP contribution in [-0.4, -0.2) is 45.4 Å². The first-order valence-electron chi connectivity index (χ1n) is 9.79. The summed E-state index contributed by atoms with van der Waals surface area (Å²) in [6.07, 6.45) is 0. The number of rotatable bonds is 5. The number of ether oxygens (including phenoxy) is 2. The number of hydrogen-bond donors (Lipinski definition) is 1. The van der Waals surface area contributed by atoms with E-state index in [0.29, 0.717) is 12.0 Å². The van der Waals surface area contributed by atoms with Gasteiger partial charge in [-0.3, -0.25) is 4.79 Å². The molecule has 1 heterocycles. The molecular formula is C23H29N3O3S. The number of anilines is 1. The monoisotopic (exact) mass is 427 g/mol. The topological polar surface area (TPSA) is 74.6 Å². The molecule has 1 fully saturated rings. The van der Waals surface area contributed by atoms with Crippen LogP contribution >= 0.6 is 11.8 Å². The smallest absolute Gasteiger partial charge is 0.293 e. The molecule has 0 saturated carbocycles. The molecule has 3 rings (SSSR count). The van der Waals surface area contributed by atoms with E-state index in [9.17, 15) is 10.1 Å². The van der Waals surface area contributed by atoms with Gasteiger partial charge < -0.3 is 19.7 Å². The second-order valence-electron chi connectivity index (χ2n) is 7.64. The van der Waals surface area contributed by atoms with Crippen molar-refractivity contribution in [3.05, 3.63) is 48.0 Å². The predicted octanol–water partition coefficient (Wildman–Crippen LogP) is 4.09. The summed E-state index contributed by atoms with van der Waals surface area (Å²) >= 11 is 1.69. The molecule has 0 spiro atoms. The van der Waals surface area contributed by atoms with E-state index >= 15 is 0 Å². The van der Waals surface area contributed by atoms with E-state index < -0.39 is 0 Å². The number of nitriles is 1. The standard InChI is InChI=1S/C18H19N3OS.C5H10O2/c1-22-15-3-5-16(6-4-15)23-18-12-14(13-19)2-7-17(18)21-10-8-20-9-11-21;1-5(2,3)7-4-6/h2-7,12,20H,8-11H2,1H3;4H,1-3H3. The number of benzene rings is 2. The third-order valence-electron chi connectivity index (χ3n) is 4.24. The van der Waals surface area contributed by atoms with Gasteiger partial charge in [0, 0.05) is 36.0 Å². The zero-order chi connectivity index (χ0) is 22.0. The van der Waals surface area contributed by atoms with E-state index in [2.05, 4.69) is 27.1 Å². The van der Waals surface area contributed by atoms with E-state index in [0.717, 1.165) is 41.7 Å². The van der Waals surface area contributed by atoms with Gasteiger partial charge in [-0.25, -0.2) is 0 Å². The van der Waals surface area contributed by atoms with E-state index in [1.165, 1.54) is 5.69 Å². The van der Waals surface area contributed by atoms with Gasteiger partial charge in [-0.15, -0.1) is 0 Å². The summed E-state index contributed by atoms with van der Waals surface area (Å²) in [4.78, 5) is 14.2. The molecule has 0 aliphatic carbocycles. The van der Waals surface area contributed by atoms with Crippen molar-refractivity contribution in [2.45, 2.75) is 36.2 Å². The van der Waals surface area contributed by atoms with Crippen LogP contribution in [0.3, 0.4) is 0 Å². The minimum absolute atomic E-state index is 0.318. The van der Waals surface area contributed by atoms with Crippen LogP contribution in [0.4, 0.5) is 5.69 Å². The van der Waals surface area contributed by atoms with Crippen LogP contribution in [0.2, 0.25) is 0 Å². The first-order chi connectivity index (χ1) is 14.4.